The van der Waals surface area contributed by atoms with Crippen molar-refractivity contribution in [2.24, 2.45) is 0 Å². The van der Waals surface area contributed by atoms with Gasteiger partial charge in [0.2, 0.25) is 0 Å². The van der Waals surface area contributed by atoms with Crippen LogP contribution in [0.1, 0.15) is 27.7 Å². The predicted molar refractivity (Wildman–Crippen MR) is 112 cm³/mol. The molecule has 4 heteroatoms. The summed E-state index contributed by atoms with van der Waals surface area (Å²) in [6.45, 7) is 8.34. The number of hydrogen-bond donors (Lipinski definition) is 0. The molecule has 0 radical (unpaired) electrons. The monoisotopic (exact) mass is 355 g/mol. The molecule has 1 aromatic heterocycles. The molecule has 1 saturated heterocycles. The van der Waals surface area contributed by atoms with Crippen LogP contribution in [0.3, 0.4) is 0 Å². The van der Waals surface area contributed by atoms with Crippen LogP contribution in [0.2, 0.25) is 0 Å². The fraction of sp³-hybridized carbons (Fsp3) is 0.261. The number of benzene rings is 3. The summed E-state index contributed by atoms with van der Waals surface area (Å²) < 4.78 is 12.5. The zero-order valence-electron chi connectivity index (χ0n) is 16.1. The highest BCUT2D eigenvalue weighted by atomic mass is 16.7. The average molecular weight is 355 g/mol. The van der Waals surface area contributed by atoms with Crippen LogP contribution in [0.5, 0.6) is 0 Å². The maximum Gasteiger partial charge on any atom is 0.494 e. The maximum absolute atomic E-state index is 6.26. The molecule has 0 amide bonds. The van der Waals surface area contributed by atoms with Crippen LogP contribution in [0, 0.1) is 0 Å². The van der Waals surface area contributed by atoms with Crippen molar-refractivity contribution in [1.82, 2.24) is 4.98 Å². The molecule has 0 aliphatic carbocycles. The second kappa shape index (κ2) is 5.54. The first kappa shape index (κ1) is 16.7. The molecule has 0 spiro atoms. The fourth-order valence-electron chi connectivity index (χ4n) is 3.91. The zero-order chi connectivity index (χ0) is 18.8. The molecule has 0 saturated carbocycles. The van der Waals surface area contributed by atoms with E-state index in [0.717, 1.165) is 16.4 Å². The van der Waals surface area contributed by atoms with Crippen LogP contribution in [-0.2, 0) is 9.31 Å². The van der Waals surface area contributed by atoms with E-state index >= 15 is 0 Å². The van der Waals surface area contributed by atoms with Crippen LogP contribution < -0.4 is 5.46 Å². The molecule has 27 heavy (non-hydrogen) atoms. The number of nitrogens with zero attached hydrogens (tertiary/aromatic N) is 1. The van der Waals surface area contributed by atoms with Crippen molar-refractivity contribution in [3.8, 4) is 0 Å². The molecular weight excluding hydrogens is 333 g/mol. The molecule has 0 unspecified atom stereocenters. The van der Waals surface area contributed by atoms with Crippen LogP contribution >= 0.6 is 0 Å². The van der Waals surface area contributed by atoms with E-state index in [9.17, 15) is 0 Å². The third kappa shape index (κ3) is 2.40. The van der Waals surface area contributed by atoms with Crippen LogP contribution in [0.15, 0.2) is 60.8 Å². The Kier molecular flexibility index (Phi) is 3.43. The van der Waals surface area contributed by atoms with Gasteiger partial charge in [0.1, 0.15) is 0 Å². The molecule has 134 valence electrons. The Morgan fingerprint density at radius 3 is 2.00 bits per heavy atom. The lowest BCUT2D eigenvalue weighted by Gasteiger charge is -2.32. The van der Waals surface area contributed by atoms with E-state index in [1.165, 1.54) is 21.5 Å². The van der Waals surface area contributed by atoms with Crippen molar-refractivity contribution in [1.29, 1.82) is 0 Å². The quantitative estimate of drug-likeness (QED) is 0.362. The summed E-state index contributed by atoms with van der Waals surface area (Å²) >= 11 is 0. The second-order valence-electron chi connectivity index (χ2n) is 8.34. The normalized spacial score (nSPS) is 18.6. The fourth-order valence-corrected chi connectivity index (χ4v) is 3.91. The third-order valence-corrected chi connectivity index (χ3v) is 6.14. The second-order valence-corrected chi connectivity index (χ2v) is 8.34. The minimum Gasteiger partial charge on any atom is -0.399 e. The Morgan fingerprint density at radius 1 is 0.704 bits per heavy atom. The van der Waals surface area contributed by atoms with Crippen molar-refractivity contribution in [2.45, 2.75) is 38.9 Å². The molecule has 1 aliphatic heterocycles. The summed E-state index contributed by atoms with van der Waals surface area (Å²) in [6, 6.07) is 19.1. The van der Waals surface area contributed by atoms with Gasteiger partial charge in [-0.1, -0.05) is 48.5 Å². The molecule has 0 N–H and O–H groups in total. The molecule has 5 rings (SSSR count). The molecule has 1 fully saturated rings. The van der Waals surface area contributed by atoms with Gasteiger partial charge < -0.3 is 9.31 Å². The standard InChI is InChI=1S/C23H22BNO2/c1-22(2)23(3,4)27-24(26-22)15-11-12-19-20(14-15)17-9-6-5-8-16(17)18-10-7-13-25-21(18)19/h5-14H,1-4H3. The summed E-state index contributed by atoms with van der Waals surface area (Å²) in [5.41, 5.74) is 1.38. The van der Waals surface area contributed by atoms with Crippen LogP contribution in [0.4, 0.5) is 0 Å². The summed E-state index contributed by atoms with van der Waals surface area (Å²) in [5, 5.41) is 5.98. The van der Waals surface area contributed by atoms with Crippen molar-refractivity contribution < 1.29 is 9.31 Å². The van der Waals surface area contributed by atoms with E-state index in [1.807, 2.05) is 12.3 Å². The van der Waals surface area contributed by atoms with Gasteiger partial charge in [-0.15, -0.1) is 0 Å². The first-order valence-electron chi connectivity index (χ1n) is 9.42. The molecule has 2 heterocycles. The van der Waals surface area contributed by atoms with E-state index in [4.69, 9.17) is 9.31 Å². The van der Waals surface area contributed by atoms with Gasteiger partial charge in [-0.2, -0.15) is 0 Å². The minimum absolute atomic E-state index is 0.348. The minimum atomic E-state index is -0.363. The first-order valence-corrected chi connectivity index (χ1v) is 9.42. The zero-order valence-corrected chi connectivity index (χ0v) is 16.1. The lowest BCUT2D eigenvalue weighted by molar-refractivity contribution is 0.00578. The molecule has 0 bridgehead atoms. The van der Waals surface area contributed by atoms with E-state index in [2.05, 4.69) is 81.2 Å². The largest absolute Gasteiger partial charge is 0.494 e. The van der Waals surface area contributed by atoms with Crippen LogP contribution in [-0.4, -0.2) is 23.3 Å². The molecule has 4 aromatic rings. The van der Waals surface area contributed by atoms with Gasteiger partial charge in [0, 0.05) is 17.0 Å². The van der Waals surface area contributed by atoms with Gasteiger partial charge in [-0.3, -0.25) is 4.98 Å². The third-order valence-electron chi connectivity index (χ3n) is 6.14. The number of rotatable bonds is 1. The number of hydrogen-bond acceptors (Lipinski definition) is 3. The average Bonchev–Trinajstić information content (AvgIpc) is 2.89. The Morgan fingerprint density at radius 2 is 1.30 bits per heavy atom. The highest BCUT2D eigenvalue weighted by Gasteiger charge is 2.51. The van der Waals surface area contributed by atoms with Gasteiger partial charge >= 0.3 is 7.12 Å². The van der Waals surface area contributed by atoms with Crippen LogP contribution in [0.25, 0.3) is 32.4 Å². The molecule has 3 nitrogen and oxygen atoms in total. The highest BCUT2D eigenvalue weighted by Crippen LogP contribution is 2.37. The van der Waals surface area contributed by atoms with E-state index in [0.29, 0.717) is 0 Å². The molecule has 0 atom stereocenters. The Hall–Kier alpha value is -2.43. The molecule has 1 aliphatic rings. The lowest BCUT2D eigenvalue weighted by Crippen LogP contribution is -2.41. The SMILES string of the molecule is CC1(C)OB(c2ccc3c(c2)c2ccccc2c2cccnc23)OC1(C)C. The van der Waals surface area contributed by atoms with Crippen molar-refractivity contribution in [3.63, 3.8) is 0 Å². The highest BCUT2D eigenvalue weighted by molar-refractivity contribution is 6.62. The van der Waals surface area contributed by atoms with E-state index in [1.54, 1.807) is 0 Å². The van der Waals surface area contributed by atoms with E-state index in [-0.39, 0.29) is 18.3 Å². The molecule has 3 aromatic carbocycles. The predicted octanol–water partition coefficient (Wildman–Crippen LogP) is 4.84. The van der Waals surface area contributed by atoms with Crippen molar-refractivity contribution in [3.05, 3.63) is 60.8 Å². The maximum atomic E-state index is 6.26. The number of aromatic nitrogens is 1. The Labute approximate surface area is 159 Å². The van der Waals surface area contributed by atoms with Gasteiger partial charge in [-0.25, -0.2) is 0 Å². The van der Waals surface area contributed by atoms with Gasteiger partial charge in [0.25, 0.3) is 0 Å². The summed E-state index contributed by atoms with van der Waals surface area (Å²) in [6.07, 6.45) is 1.86. The van der Waals surface area contributed by atoms with Crippen molar-refractivity contribution >= 4 is 45.0 Å². The van der Waals surface area contributed by atoms with Gasteiger partial charge in [-0.05, 0) is 55.4 Å². The van der Waals surface area contributed by atoms with Crippen molar-refractivity contribution in [2.75, 3.05) is 0 Å². The van der Waals surface area contributed by atoms with Gasteiger partial charge in [0.15, 0.2) is 0 Å². The Bertz CT molecular complexity index is 1150. The molecular formula is C23H22BNO2. The summed E-state index contributed by atoms with van der Waals surface area (Å²) in [4.78, 5) is 4.67. The first-order chi connectivity index (χ1) is 12.9. The Balaban J connectivity index is 1.78. The topological polar surface area (TPSA) is 31.4 Å². The van der Waals surface area contributed by atoms with Gasteiger partial charge in [0.05, 0.1) is 16.7 Å². The lowest BCUT2D eigenvalue weighted by atomic mass is 9.77. The summed E-state index contributed by atoms with van der Waals surface area (Å²) in [7, 11) is -0.363. The summed E-state index contributed by atoms with van der Waals surface area (Å²) in [5.74, 6) is 0. The number of pyridine rings is 1. The van der Waals surface area contributed by atoms with E-state index < -0.39 is 0 Å². The smallest absolute Gasteiger partial charge is 0.399 e. The number of fused-ring (bicyclic) bond motifs is 6.